The van der Waals surface area contributed by atoms with Crippen molar-refractivity contribution in [2.24, 2.45) is 0 Å². The van der Waals surface area contributed by atoms with Crippen LogP contribution in [0, 0.1) is 27.7 Å². The van der Waals surface area contributed by atoms with Gasteiger partial charge < -0.3 is 19.3 Å². The first-order chi connectivity index (χ1) is 42.9. The summed E-state index contributed by atoms with van der Waals surface area (Å²) in [6.07, 6.45) is 9.50. The van der Waals surface area contributed by atoms with Crippen molar-refractivity contribution in [3.63, 3.8) is 0 Å². The summed E-state index contributed by atoms with van der Waals surface area (Å²) in [5.74, 6) is 1.78. The fourth-order valence-electron chi connectivity index (χ4n) is 16.0. The van der Waals surface area contributed by atoms with Crippen molar-refractivity contribution < 1.29 is 9.52 Å². The molecular formula is C84H78N2O2. The summed E-state index contributed by atoms with van der Waals surface area (Å²) in [6, 6.07) is 75.0. The Balaban J connectivity index is 1.02. The zero-order valence-corrected chi connectivity index (χ0v) is 52.3. The quantitative estimate of drug-likeness (QED) is 0.117. The number of fused-ring (bicyclic) bond motifs is 3. The molecule has 2 fully saturated rings. The topological polar surface area (TPSA) is 39.9 Å². The van der Waals surface area contributed by atoms with Gasteiger partial charge in [-0.2, -0.15) is 0 Å². The van der Waals surface area contributed by atoms with Gasteiger partial charge in [0.25, 0.3) is 0 Å². The summed E-state index contributed by atoms with van der Waals surface area (Å²) in [5.41, 5.74) is 24.7. The van der Waals surface area contributed by atoms with Crippen LogP contribution in [0.5, 0.6) is 5.75 Å². The van der Waals surface area contributed by atoms with Crippen molar-refractivity contribution in [2.75, 3.05) is 9.80 Å². The molecule has 0 amide bonds. The first-order valence-corrected chi connectivity index (χ1v) is 32.5. The molecule has 0 bridgehead atoms. The number of aryl methyl sites for hydroxylation is 4. The summed E-state index contributed by atoms with van der Waals surface area (Å²) in [6.45, 7) is 17.9. The van der Waals surface area contributed by atoms with Gasteiger partial charge in [0.15, 0.2) is 5.58 Å². The van der Waals surface area contributed by atoms with Gasteiger partial charge in [-0.15, -0.1) is 0 Å². The molecule has 0 spiro atoms. The molecule has 0 atom stereocenters. The highest BCUT2D eigenvalue weighted by Gasteiger charge is 2.32. The van der Waals surface area contributed by atoms with Crippen LogP contribution in [0.3, 0.4) is 0 Å². The van der Waals surface area contributed by atoms with Crippen LogP contribution in [0.1, 0.15) is 147 Å². The van der Waals surface area contributed by atoms with Crippen LogP contribution < -0.4 is 9.80 Å². The van der Waals surface area contributed by atoms with E-state index in [1.54, 1.807) is 0 Å². The second-order valence-electron chi connectivity index (χ2n) is 26.5. The summed E-state index contributed by atoms with van der Waals surface area (Å²) < 4.78 is 7.48. The van der Waals surface area contributed by atoms with E-state index < -0.39 is 0 Å². The van der Waals surface area contributed by atoms with Crippen LogP contribution in [0.4, 0.5) is 34.1 Å². The Morgan fingerprint density at radius 2 is 0.784 bits per heavy atom. The van der Waals surface area contributed by atoms with Gasteiger partial charge in [-0.05, 0) is 220 Å². The minimum absolute atomic E-state index is 0.259. The maximum atomic E-state index is 13.3. The molecule has 15 rings (SSSR count). The van der Waals surface area contributed by atoms with E-state index in [1.807, 2.05) is 0 Å². The smallest absolute Gasteiger partial charge is 0.159 e. The number of benzene rings is 12. The van der Waals surface area contributed by atoms with Gasteiger partial charge in [-0.1, -0.05) is 199 Å². The Bertz CT molecular complexity index is 4810. The van der Waals surface area contributed by atoms with Gasteiger partial charge in [0.2, 0.25) is 0 Å². The third-order valence-electron chi connectivity index (χ3n) is 19.9. The fraction of sp³-hybridized carbons (Fsp3) is 0.238. The lowest BCUT2D eigenvalue weighted by Crippen LogP contribution is -2.14. The molecule has 0 aliphatic heterocycles. The van der Waals surface area contributed by atoms with Crippen molar-refractivity contribution in [3.8, 4) is 39.1 Å². The number of phenols is 1. The minimum Gasteiger partial charge on any atom is -0.505 e. The standard InChI is InChI=1S/C84H78N2O2/c1-50(2)62-27-13-15-29-64(62)58-25-17-26-59(47-58)65-31-19-35-76(82(65)87)85(60-43-52(5)41-53(6)44-60)78-48-74(56-21-9-10-22-56)67-38-40-73-79(49-75(57-23-11-12-24-57)68-37-39-72(78)80(67)81(68)73)86(61-45-54(7)42-55(8)46-61)77-36-20-34-71-70-33-18-32-69(83(70)88-84(71)77)66-30-16-14-28-63(66)51(3)4/h13-20,25-51,56-57,87H,9-12,21-24H2,1-8H3. The predicted molar refractivity (Wildman–Crippen MR) is 374 cm³/mol. The number of aromatic hydroxyl groups is 1. The molecule has 2 saturated carbocycles. The summed E-state index contributed by atoms with van der Waals surface area (Å²) in [5, 5.41) is 23.2. The normalized spacial score (nSPS) is 14.2. The predicted octanol–water partition coefficient (Wildman–Crippen LogP) is 24.9. The number of hydrogen-bond acceptors (Lipinski definition) is 4. The van der Waals surface area contributed by atoms with Gasteiger partial charge in [-0.25, -0.2) is 0 Å². The number of phenolic OH excluding ortho intramolecular Hbond substituents is 1. The van der Waals surface area contributed by atoms with Crippen molar-refractivity contribution in [3.05, 3.63) is 245 Å². The Labute approximate surface area is 519 Å². The molecule has 4 heteroatoms. The molecule has 436 valence electrons. The average molecular weight is 1150 g/mol. The maximum Gasteiger partial charge on any atom is 0.159 e. The molecule has 13 aromatic rings. The number of anilines is 6. The summed E-state index contributed by atoms with van der Waals surface area (Å²) >= 11 is 0. The van der Waals surface area contributed by atoms with Gasteiger partial charge in [0.05, 0.1) is 22.7 Å². The molecule has 2 aliphatic rings. The van der Waals surface area contributed by atoms with E-state index in [1.165, 1.54) is 114 Å². The third-order valence-corrected chi connectivity index (χ3v) is 19.9. The molecule has 0 unspecified atom stereocenters. The molecule has 12 aromatic carbocycles. The highest BCUT2D eigenvalue weighted by molar-refractivity contribution is 6.30. The van der Waals surface area contributed by atoms with Gasteiger partial charge in [-0.3, -0.25) is 0 Å². The second-order valence-corrected chi connectivity index (χ2v) is 26.5. The van der Waals surface area contributed by atoms with E-state index in [4.69, 9.17) is 4.42 Å². The van der Waals surface area contributed by atoms with Crippen molar-refractivity contribution in [1.29, 1.82) is 0 Å². The number of rotatable bonds is 13. The number of furan rings is 1. The van der Waals surface area contributed by atoms with E-state index in [-0.39, 0.29) is 5.75 Å². The first kappa shape index (κ1) is 55.5. The summed E-state index contributed by atoms with van der Waals surface area (Å²) in [4.78, 5) is 4.95. The van der Waals surface area contributed by atoms with Crippen LogP contribution in [0.2, 0.25) is 0 Å². The monoisotopic (exact) mass is 1150 g/mol. The third kappa shape index (κ3) is 9.41. The number of nitrogens with zero attached hydrogens (tertiary/aromatic N) is 2. The lowest BCUT2D eigenvalue weighted by molar-refractivity contribution is 0.478. The lowest BCUT2D eigenvalue weighted by atomic mass is 9.82. The molecule has 1 N–H and O–H groups in total. The Morgan fingerprint density at radius 3 is 1.34 bits per heavy atom. The van der Waals surface area contributed by atoms with E-state index >= 15 is 0 Å². The van der Waals surface area contributed by atoms with E-state index in [2.05, 4.69) is 265 Å². The fourth-order valence-corrected chi connectivity index (χ4v) is 16.0. The Hall–Kier alpha value is -9.12. The lowest BCUT2D eigenvalue weighted by Gasteiger charge is -2.32. The van der Waals surface area contributed by atoms with Crippen LogP contribution in [-0.4, -0.2) is 5.11 Å². The molecular weight excluding hydrogens is 1070 g/mol. The van der Waals surface area contributed by atoms with E-state index in [0.717, 1.165) is 104 Å². The average Bonchev–Trinajstić information content (AvgIpc) is 0.945. The zero-order valence-electron chi connectivity index (χ0n) is 52.3. The zero-order chi connectivity index (χ0) is 60.1. The highest BCUT2D eigenvalue weighted by Crippen LogP contribution is 2.56. The van der Waals surface area contributed by atoms with Crippen LogP contribution in [-0.2, 0) is 0 Å². The molecule has 0 saturated heterocycles. The van der Waals surface area contributed by atoms with E-state index in [9.17, 15) is 5.11 Å². The Kier molecular flexibility index (Phi) is 14.0. The van der Waals surface area contributed by atoms with Gasteiger partial charge in [0.1, 0.15) is 11.3 Å². The molecule has 0 radical (unpaired) electrons. The van der Waals surface area contributed by atoms with Crippen molar-refractivity contribution in [2.45, 2.75) is 130 Å². The number of hydrogen-bond donors (Lipinski definition) is 1. The van der Waals surface area contributed by atoms with Crippen LogP contribution in [0.25, 0.3) is 87.6 Å². The van der Waals surface area contributed by atoms with Gasteiger partial charge >= 0.3 is 0 Å². The first-order valence-electron chi connectivity index (χ1n) is 32.5. The van der Waals surface area contributed by atoms with Crippen LogP contribution >= 0.6 is 0 Å². The summed E-state index contributed by atoms with van der Waals surface area (Å²) in [7, 11) is 0. The molecule has 88 heavy (non-hydrogen) atoms. The van der Waals surface area contributed by atoms with Gasteiger partial charge in [0, 0.05) is 44.0 Å². The molecule has 4 nitrogen and oxygen atoms in total. The molecule has 1 aromatic heterocycles. The van der Waals surface area contributed by atoms with E-state index in [0.29, 0.717) is 23.7 Å². The van der Waals surface area contributed by atoms with Crippen LogP contribution in [0.15, 0.2) is 205 Å². The largest absolute Gasteiger partial charge is 0.505 e. The second kappa shape index (κ2) is 22.2. The van der Waals surface area contributed by atoms with Crippen molar-refractivity contribution in [1.82, 2.24) is 0 Å². The SMILES string of the molecule is Cc1cc(C)cc(N(c2cccc(-c3cccc(-c4ccccc4C(C)C)c3)c2O)c2cc(C3CCCC3)c3ccc4c(N(c5cc(C)cc(C)c5)c5cccc6c5oc5c(-c7ccccc7C(C)C)cccc56)cc(C5CCCC5)c5ccc2c3c54)c1. The number of para-hydroxylation sites is 3. The van der Waals surface area contributed by atoms with Crippen molar-refractivity contribution >= 4 is 88.4 Å². The Morgan fingerprint density at radius 1 is 0.364 bits per heavy atom. The highest BCUT2D eigenvalue weighted by atomic mass is 16.3. The maximum absolute atomic E-state index is 13.3. The molecule has 1 heterocycles. The molecule has 2 aliphatic carbocycles. The minimum atomic E-state index is 0.259.